The molecule has 0 spiro atoms. The van der Waals surface area contributed by atoms with Gasteiger partial charge in [-0.05, 0) is 56.5 Å². The number of halogens is 3. The number of piperidine rings is 1. The van der Waals surface area contributed by atoms with Gasteiger partial charge < -0.3 is 10.1 Å². The predicted molar refractivity (Wildman–Crippen MR) is 77.1 cm³/mol. The number of hydrogen-bond donors (Lipinski definition) is 1. The Morgan fingerprint density at radius 1 is 1.33 bits per heavy atom. The fourth-order valence-corrected chi connectivity index (χ4v) is 2.43. The Balaban J connectivity index is 0.00000162. The lowest BCUT2D eigenvalue weighted by Crippen LogP contribution is -2.28. The molecule has 1 fully saturated rings. The Labute approximate surface area is 122 Å². The summed E-state index contributed by atoms with van der Waals surface area (Å²) in [6.07, 6.45) is 3.41. The van der Waals surface area contributed by atoms with Crippen LogP contribution < -0.4 is 10.1 Å². The molecule has 1 aromatic rings. The zero-order valence-electron chi connectivity index (χ0n) is 10.1. The SMILES string of the molecule is Cl.Fc1cc(Br)ccc1OCCC1CCNCC1. The third-order valence-corrected chi connectivity index (χ3v) is 3.63. The summed E-state index contributed by atoms with van der Waals surface area (Å²) in [5, 5.41) is 3.33. The molecule has 1 N–H and O–H groups in total. The molecule has 0 radical (unpaired) electrons. The van der Waals surface area contributed by atoms with Gasteiger partial charge in [0.2, 0.25) is 0 Å². The van der Waals surface area contributed by atoms with Gasteiger partial charge in [0, 0.05) is 4.47 Å². The van der Waals surface area contributed by atoms with Gasteiger partial charge in [-0.3, -0.25) is 0 Å². The summed E-state index contributed by atoms with van der Waals surface area (Å²) in [7, 11) is 0. The van der Waals surface area contributed by atoms with E-state index in [2.05, 4.69) is 21.2 Å². The van der Waals surface area contributed by atoms with Crippen LogP contribution in [0.15, 0.2) is 22.7 Å². The monoisotopic (exact) mass is 337 g/mol. The summed E-state index contributed by atoms with van der Waals surface area (Å²) in [5.74, 6) is 0.765. The number of rotatable bonds is 4. The van der Waals surface area contributed by atoms with Crippen molar-refractivity contribution in [1.29, 1.82) is 0 Å². The van der Waals surface area contributed by atoms with Gasteiger partial charge in [0.15, 0.2) is 11.6 Å². The van der Waals surface area contributed by atoms with Crippen molar-refractivity contribution in [2.45, 2.75) is 19.3 Å². The molecule has 1 saturated heterocycles. The Morgan fingerprint density at radius 3 is 2.72 bits per heavy atom. The van der Waals surface area contributed by atoms with Crippen LogP contribution in [0.5, 0.6) is 5.75 Å². The van der Waals surface area contributed by atoms with Gasteiger partial charge in [-0.25, -0.2) is 4.39 Å². The van der Waals surface area contributed by atoms with Crippen LogP contribution in [0, 0.1) is 11.7 Å². The van der Waals surface area contributed by atoms with Crippen molar-refractivity contribution in [2.75, 3.05) is 19.7 Å². The lowest BCUT2D eigenvalue weighted by molar-refractivity contribution is 0.244. The molecule has 5 heteroatoms. The molecule has 0 atom stereocenters. The second-order valence-electron chi connectivity index (χ2n) is 4.41. The van der Waals surface area contributed by atoms with Crippen LogP contribution in [-0.4, -0.2) is 19.7 Å². The zero-order valence-corrected chi connectivity index (χ0v) is 12.5. The molecule has 2 rings (SSSR count). The molecule has 2 nitrogen and oxygen atoms in total. The third kappa shape index (κ3) is 4.75. The van der Waals surface area contributed by atoms with Gasteiger partial charge >= 0.3 is 0 Å². The average Bonchev–Trinajstić information content (AvgIpc) is 2.33. The van der Waals surface area contributed by atoms with E-state index in [1.165, 1.54) is 18.9 Å². The Hall–Kier alpha value is -0.320. The lowest BCUT2D eigenvalue weighted by Gasteiger charge is -2.22. The summed E-state index contributed by atoms with van der Waals surface area (Å²) in [6.45, 7) is 2.79. The maximum atomic E-state index is 13.5. The molecule has 18 heavy (non-hydrogen) atoms. The molecule has 0 aromatic heterocycles. The fraction of sp³-hybridized carbons (Fsp3) is 0.538. The van der Waals surface area contributed by atoms with Crippen LogP contribution in [-0.2, 0) is 0 Å². The van der Waals surface area contributed by atoms with E-state index in [-0.39, 0.29) is 18.2 Å². The minimum Gasteiger partial charge on any atom is -0.491 e. The quantitative estimate of drug-likeness (QED) is 0.902. The molecule has 1 heterocycles. The summed E-state index contributed by atoms with van der Waals surface area (Å²) in [4.78, 5) is 0. The molecular weight excluding hydrogens is 321 g/mol. The largest absolute Gasteiger partial charge is 0.491 e. The molecule has 1 aromatic carbocycles. The highest BCUT2D eigenvalue weighted by atomic mass is 79.9. The Bertz CT molecular complexity index is 372. The number of benzene rings is 1. The maximum Gasteiger partial charge on any atom is 0.166 e. The van der Waals surface area contributed by atoms with Crippen LogP contribution in [0.1, 0.15) is 19.3 Å². The first-order valence-electron chi connectivity index (χ1n) is 6.04. The highest BCUT2D eigenvalue weighted by Crippen LogP contribution is 2.22. The fourth-order valence-electron chi connectivity index (χ4n) is 2.10. The smallest absolute Gasteiger partial charge is 0.166 e. The first-order chi connectivity index (χ1) is 8.25. The van der Waals surface area contributed by atoms with Crippen LogP contribution in [0.2, 0.25) is 0 Å². The van der Waals surface area contributed by atoms with Crippen molar-refractivity contribution in [3.63, 3.8) is 0 Å². The van der Waals surface area contributed by atoms with E-state index in [1.807, 2.05) is 0 Å². The number of nitrogens with one attached hydrogen (secondary N) is 1. The molecule has 0 saturated carbocycles. The topological polar surface area (TPSA) is 21.3 Å². The van der Waals surface area contributed by atoms with Crippen LogP contribution in [0.3, 0.4) is 0 Å². The summed E-state index contributed by atoms with van der Waals surface area (Å²) in [5.41, 5.74) is 0. The van der Waals surface area contributed by atoms with E-state index in [1.54, 1.807) is 12.1 Å². The van der Waals surface area contributed by atoms with Crippen molar-refractivity contribution in [1.82, 2.24) is 5.32 Å². The van der Waals surface area contributed by atoms with Gasteiger partial charge in [0.05, 0.1) is 6.61 Å². The molecule has 0 unspecified atom stereocenters. The summed E-state index contributed by atoms with van der Waals surface area (Å²) >= 11 is 3.22. The van der Waals surface area contributed by atoms with Gasteiger partial charge in [-0.1, -0.05) is 15.9 Å². The van der Waals surface area contributed by atoms with Crippen LogP contribution in [0.25, 0.3) is 0 Å². The second-order valence-corrected chi connectivity index (χ2v) is 5.32. The zero-order chi connectivity index (χ0) is 12.1. The van der Waals surface area contributed by atoms with E-state index in [0.29, 0.717) is 12.4 Å². The van der Waals surface area contributed by atoms with Crippen molar-refractivity contribution in [3.05, 3.63) is 28.5 Å². The number of hydrogen-bond acceptors (Lipinski definition) is 2. The van der Waals surface area contributed by atoms with E-state index in [4.69, 9.17) is 4.74 Å². The van der Waals surface area contributed by atoms with Crippen molar-refractivity contribution in [3.8, 4) is 5.75 Å². The van der Waals surface area contributed by atoms with Gasteiger partial charge in [0.1, 0.15) is 0 Å². The van der Waals surface area contributed by atoms with Crippen molar-refractivity contribution in [2.24, 2.45) is 5.92 Å². The summed E-state index contributed by atoms with van der Waals surface area (Å²) < 4.78 is 19.7. The second kappa shape index (κ2) is 7.97. The van der Waals surface area contributed by atoms with Crippen molar-refractivity contribution >= 4 is 28.3 Å². The first-order valence-corrected chi connectivity index (χ1v) is 6.83. The first kappa shape index (κ1) is 15.7. The lowest BCUT2D eigenvalue weighted by atomic mass is 9.95. The van der Waals surface area contributed by atoms with E-state index in [0.717, 1.165) is 29.9 Å². The maximum absolute atomic E-state index is 13.5. The molecule has 0 bridgehead atoms. The Kier molecular flexibility index (Phi) is 6.97. The number of ether oxygens (including phenoxy) is 1. The highest BCUT2D eigenvalue weighted by Gasteiger charge is 2.13. The van der Waals surface area contributed by atoms with Gasteiger partial charge in [-0.15, -0.1) is 12.4 Å². The highest BCUT2D eigenvalue weighted by molar-refractivity contribution is 9.10. The predicted octanol–water partition coefficient (Wildman–Crippen LogP) is 3.78. The molecule has 102 valence electrons. The van der Waals surface area contributed by atoms with Gasteiger partial charge in [-0.2, -0.15) is 0 Å². The minimum atomic E-state index is -0.301. The molecular formula is C13H18BrClFNO. The molecule has 0 aliphatic carbocycles. The third-order valence-electron chi connectivity index (χ3n) is 3.14. The van der Waals surface area contributed by atoms with E-state index >= 15 is 0 Å². The molecule has 0 amide bonds. The molecule has 1 aliphatic rings. The minimum absolute atomic E-state index is 0. The van der Waals surface area contributed by atoms with Crippen LogP contribution in [0.4, 0.5) is 4.39 Å². The van der Waals surface area contributed by atoms with Crippen LogP contribution >= 0.6 is 28.3 Å². The van der Waals surface area contributed by atoms with E-state index < -0.39 is 0 Å². The molecule has 1 aliphatic heterocycles. The van der Waals surface area contributed by atoms with Gasteiger partial charge in [0.25, 0.3) is 0 Å². The van der Waals surface area contributed by atoms with Crippen molar-refractivity contribution < 1.29 is 9.13 Å². The Morgan fingerprint density at radius 2 is 2.06 bits per heavy atom. The normalized spacial score (nSPS) is 16.1. The standard InChI is InChI=1S/C13H17BrFNO.ClH/c14-11-1-2-13(12(15)9-11)17-8-5-10-3-6-16-7-4-10;/h1-2,9-10,16H,3-8H2;1H. The average molecular weight is 339 g/mol. The van der Waals surface area contributed by atoms with E-state index in [9.17, 15) is 4.39 Å². The summed E-state index contributed by atoms with van der Waals surface area (Å²) in [6, 6.07) is 4.89.